The Hall–Kier alpha value is -3.72. The predicted octanol–water partition coefficient (Wildman–Crippen LogP) is 1.84. The zero-order valence-corrected chi connectivity index (χ0v) is 18.9. The zero-order valence-electron chi connectivity index (χ0n) is 18.9. The minimum Gasteiger partial charge on any atom is -0.378 e. The molecule has 0 aliphatic carbocycles. The second kappa shape index (κ2) is 8.90. The summed E-state index contributed by atoms with van der Waals surface area (Å²) in [6, 6.07) is 10.1. The molecular formula is C25H26N4O5. The van der Waals surface area contributed by atoms with Crippen LogP contribution in [0.2, 0.25) is 0 Å². The molecule has 2 fully saturated rings. The Bertz CT molecular complexity index is 1190. The maximum absolute atomic E-state index is 12.9. The zero-order chi connectivity index (χ0) is 23.8. The van der Waals surface area contributed by atoms with E-state index in [2.05, 4.69) is 15.5 Å². The fourth-order valence-corrected chi connectivity index (χ4v) is 4.81. The van der Waals surface area contributed by atoms with E-state index in [4.69, 9.17) is 4.74 Å². The number of fused-ring (bicyclic) bond motifs is 1. The summed E-state index contributed by atoms with van der Waals surface area (Å²) in [5.74, 6) is -1.30. The van der Waals surface area contributed by atoms with Crippen molar-refractivity contribution in [2.24, 2.45) is 0 Å². The van der Waals surface area contributed by atoms with Gasteiger partial charge in [-0.25, -0.2) is 0 Å². The highest BCUT2D eigenvalue weighted by Crippen LogP contribution is 2.29. The van der Waals surface area contributed by atoms with E-state index in [1.807, 2.05) is 25.1 Å². The van der Waals surface area contributed by atoms with Gasteiger partial charge in [-0.05, 0) is 60.9 Å². The molecule has 0 radical (unpaired) electrons. The summed E-state index contributed by atoms with van der Waals surface area (Å²) in [7, 11) is 0. The number of piperidine rings is 1. The minimum absolute atomic E-state index is 0.202. The van der Waals surface area contributed by atoms with Crippen molar-refractivity contribution in [1.29, 1.82) is 0 Å². The number of benzene rings is 2. The monoisotopic (exact) mass is 462 g/mol. The topological polar surface area (TPSA) is 108 Å². The third kappa shape index (κ3) is 4.14. The SMILES string of the molecule is Cc1cc(NC(=O)c2ccc3c(c2)CN(C2CCC(=O)NC2=O)C3=O)ccc1N1CCOCC1. The molecule has 5 rings (SSSR count). The number of carbonyl (C=O) groups excluding carboxylic acids is 4. The van der Waals surface area contributed by atoms with Crippen LogP contribution in [0.3, 0.4) is 0 Å². The third-order valence-corrected chi connectivity index (χ3v) is 6.59. The van der Waals surface area contributed by atoms with Gasteiger partial charge in [-0.1, -0.05) is 0 Å². The molecule has 3 aliphatic rings. The number of hydrogen-bond acceptors (Lipinski definition) is 6. The molecule has 4 amide bonds. The van der Waals surface area contributed by atoms with Gasteiger partial charge in [-0.3, -0.25) is 24.5 Å². The van der Waals surface area contributed by atoms with Crippen molar-refractivity contribution in [2.45, 2.75) is 32.4 Å². The predicted molar refractivity (Wildman–Crippen MR) is 125 cm³/mol. The summed E-state index contributed by atoms with van der Waals surface area (Å²) in [4.78, 5) is 53.2. The molecule has 2 aromatic rings. The molecule has 2 N–H and O–H groups in total. The molecule has 2 aromatic carbocycles. The fraction of sp³-hybridized carbons (Fsp3) is 0.360. The molecular weight excluding hydrogens is 436 g/mol. The van der Waals surface area contributed by atoms with Crippen LogP contribution < -0.4 is 15.5 Å². The molecule has 0 bridgehead atoms. The van der Waals surface area contributed by atoms with Crippen molar-refractivity contribution in [1.82, 2.24) is 10.2 Å². The van der Waals surface area contributed by atoms with Crippen molar-refractivity contribution in [3.05, 3.63) is 58.7 Å². The van der Waals surface area contributed by atoms with Gasteiger partial charge in [0.25, 0.3) is 11.8 Å². The number of nitrogens with zero attached hydrogens (tertiary/aromatic N) is 2. The van der Waals surface area contributed by atoms with Crippen LogP contribution in [0.4, 0.5) is 11.4 Å². The molecule has 3 heterocycles. The summed E-state index contributed by atoms with van der Waals surface area (Å²) in [6.07, 6.45) is 0.505. The van der Waals surface area contributed by atoms with Gasteiger partial charge in [0.1, 0.15) is 6.04 Å². The lowest BCUT2D eigenvalue weighted by molar-refractivity contribution is -0.136. The number of carbonyl (C=O) groups is 4. The summed E-state index contributed by atoms with van der Waals surface area (Å²) in [6.45, 7) is 5.35. The first-order valence-electron chi connectivity index (χ1n) is 11.4. The maximum atomic E-state index is 12.9. The van der Waals surface area contributed by atoms with Gasteiger partial charge >= 0.3 is 0 Å². The Morgan fingerprint density at radius 2 is 1.88 bits per heavy atom. The number of amides is 4. The number of morpholine rings is 1. The number of hydrogen-bond donors (Lipinski definition) is 2. The van der Waals surface area contributed by atoms with Gasteiger partial charge in [0.15, 0.2) is 0 Å². The summed E-state index contributed by atoms with van der Waals surface area (Å²) < 4.78 is 5.42. The van der Waals surface area contributed by atoms with Crippen LogP contribution in [-0.2, 0) is 20.9 Å². The van der Waals surface area contributed by atoms with E-state index in [0.717, 1.165) is 24.3 Å². The van der Waals surface area contributed by atoms with E-state index in [1.54, 1.807) is 18.2 Å². The van der Waals surface area contributed by atoms with Gasteiger partial charge in [-0.2, -0.15) is 0 Å². The highest BCUT2D eigenvalue weighted by Gasteiger charge is 2.39. The molecule has 1 atom stereocenters. The molecule has 9 heteroatoms. The molecule has 9 nitrogen and oxygen atoms in total. The fourth-order valence-electron chi connectivity index (χ4n) is 4.81. The van der Waals surface area contributed by atoms with Gasteiger partial charge in [0, 0.05) is 48.6 Å². The van der Waals surface area contributed by atoms with Crippen molar-refractivity contribution in [3.63, 3.8) is 0 Å². The van der Waals surface area contributed by atoms with E-state index in [0.29, 0.717) is 42.0 Å². The Morgan fingerprint density at radius 3 is 2.62 bits per heavy atom. The van der Waals surface area contributed by atoms with E-state index >= 15 is 0 Å². The van der Waals surface area contributed by atoms with Crippen LogP contribution in [0.5, 0.6) is 0 Å². The lowest BCUT2D eigenvalue weighted by Gasteiger charge is -2.30. The first kappa shape index (κ1) is 22.1. The Labute approximate surface area is 197 Å². The number of anilines is 2. The number of aryl methyl sites for hydroxylation is 1. The Morgan fingerprint density at radius 1 is 1.09 bits per heavy atom. The van der Waals surface area contributed by atoms with Crippen molar-refractivity contribution in [2.75, 3.05) is 36.5 Å². The number of ether oxygens (including phenoxy) is 1. The van der Waals surface area contributed by atoms with Gasteiger partial charge in [-0.15, -0.1) is 0 Å². The third-order valence-electron chi connectivity index (χ3n) is 6.59. The molecule has 34 heavy (non-hydrogen) atoms. The van der Waals surface area contributed by atoms with Crippen molar-refractivity contribution < 1.29 is 23.9 Å². The second-order valence-electron chi connectivity index (χ2n) is 8.83. The number of imide groups is 1. The highest BCUT2D eigenvalue weighted by atomic mass is 16.5. The molecule has 0 saturated carbocycles. The normalized spacial score (nSPS) is 20.3. The lowest BCUT2D eigenvalue weighted by Crippen LogP contribution is -2.52. The van der Waals surface area contributed by atoms with E-state index < -0.39 is 11.9 Å². The van der Waals surface area contributed by atoms with E-state index in [-0.39, 0.29) is 30.7 Å². The molecule has 3 aliphatic heterocycles. The summed E-state index contributed by atoms with van der Waals surface area (Å²) >= 11 is 0. The average Bonchev–Trinajstić information content (AvgIpc) is 3.15. The van der Waals surface area contributed by atoms with Gasteiger partial charge < -0.3 is 19.9 Å². The first-order valence-corrected chi connectivity index (χ1v) is 11.4. The molecule has 2 saturated heterocycles. The summed E-state index contributed by atoms with van der Waals surface area (Å²) in [5.41, 5.74) is 4.51. The van der Waals surface area contributed by atoms with Crippen LogP contribution in [0.25, 0.3) is 0 Å². The molecule has 1 unspecified atom stereocenters. The van der Waals surface area contributed by atoms with Crippen LogP contribution in [0, 0.1) is 6.92 Å². The standard InChI is InChI=1S/C25H26N4O5/c1-15-12-18(3-5-20(15)28-8-10-34-11-9-28)26-23(31)16-2-4-19-17(13-16)14-29(25(19)33)21-6-7-22(30)27-24(21)32/h2-5,12-13,21H,6-11,14H2,1H3,(H,26,31)(H,27,30,32). The highest BCUT2D eigenvalue weighted by molar-refractivity contribution is 6.08. The molecule has 0 aromatic heterocycles. The Balaban J connectivity index is 1.29. The second-order valence-corrected chi connectivity index (χ2v) is 8.83. The molecule has 0 spiro atoms. The minimum atomic E-state index is -0.678. The summed E-state index contributed by atoms with van der Waals surface area (Å²) in [5, 5.41) is 5.23. The lowest BCUT2D eigenvalue weighted by atomic mass is 10.0. The van der Waals surface area contributed by atoms with Crippen molar-refractivity contribution in [3.8, 4) is 0 Å². The molecule has 176 valence electrons. The maximum Gasteiger partial charge on any atom is 0.255 e. The van der Waals surface area contributed by atoms with Crippen LogP contribution in [-0.4, -0.2) is 60.9 Å². The largest absolute Gasteiger partial charge is 0.378 e. The van der Waals surface area contributed by atoms with Crippen LogP contribution in [0.15, 0.2) is 36.4 Å². The van der Waals surface area contributed by atoms with Gasteiger partial charge in [0.05, 0.1) is 13.2 Å². The number of rotatable bonds is 4. The Kier molecular flexibility index (Phi) is 5.79. The quantitative estimate of drug-likeness (QED) is 0.672. The van der Waals surface area contributed by atoms with Gasteiger partial charge in [0.2, 0.25) is 11.8 Å². The van der Waals surface area contributed by atoms with Crippen molar-refractivity contribution >= 4 is 35.0 Å². The van der Waals surface area contributed by atoms with E-state index in [9.17, 15) is 19.2 Å². The van der Waals surface area contributed by atoms with Crippen LogP contribution in [0.1, 0.15) is 44.7 Å². The first-order chi connectivity index (χ1) is 16.4. The van der Waals surface area contributed by atoms with Crippen LogP contribution >= 0.6 is 0 Å². The van der Waals surface area contributed by atoms with E-state index in [1.165, 1.54) is 4.90 Å². The average molecular weight is 463 g/mol. The smallest absolute Gasteiger partial charge is 0.255 e. The number of nitrogens with one attached hydrogen (secondary N) is 2.